The van der Waals surface area contributed by atoms with Gasteiger partial charge in [0.2, 0.25) is 11.6 Å². The molecule has 1 atom stereocenters. The molecule has 6 heteroatoms. The van der Waals surface area contributed by atoms with Crippen LogP contribution >= 0.6 is 0 Å². The highest BCUT2D eigenvalue weighted by Crippen LogP contribution is 2.44. The van der Waals surface area contributed by atoms with Gasteiger partial charge in [0.15, 0.2) is 5.78 Å². The van der Waals surface area contributed by atoms with Gasteiger partial charge in [0, 0.05) is 44.3 Å². The van der Waals surface area contributed by atoms with Gasteiger partial charge in [-0.15, -0.1) is 0 Å². The standard InChI is InChI=1S/C32H36N2O4/c1-18(2)13-15-25-28(20-9-5-7-11-23(20)33-25)22-17-27(35)30(32(37,38)31(22)36)29-21-10-6-8-12-24(21)34-26(29)16-14-19(3)4/h5-12,17-19,30,33-34,37-38H,13-16H2,1-4H3. The van der Waals surface area contributed by atoms with E-state index < -0.39 is 23.3 Å². The van der Waals surface area contributed by atoms with E-state index in [1.807, 2.05) is 48.5 Å². The number of Topliss-reactive ketones (excluding diaryl/α,β-unsaturated/α-hetero) is 1. The van der Waals surface area contributed by atoms with Crippen LogP contribution in [0, 0.1) is 11.8 Å². The summed E-state index contributed by atoms with van der Waals surface area (Å²) in [5.74, 6) is -4.77. The number of benzene rings is 2. The topological polar surface area (TPSA) is 106 Å². The number of carbonyl (C=O) groups is 2. The number of hydrogen-bond acceptors (Lipinski definition) is 4. The first-order valence-corrected chi connectivity index (χ1v) is 13.5. The number of aliphatic hydroxyl groups is 2. The minimum Gasteiger partial charge on any atom is -0.359 e. The summed E-state index contributed by atoms with van der Waals surface area (Å²) in [5, 5.41) is 24.5. The Labute approximate surface area is 222 Å². The summed E-state index contributed by atoms with van der Waals surface area (Å²) in [5.41, 5.74) is 4.38. The average molecular weight is 513 g/mol. The van der Waals surface area contributed by atoms with Crippen LogP contribution in [-0.4, -0.2) is 37.5 Å². The van der Waals surface area contributed by atoms with Crippen LogP contribution in [0.15, 0.2) is 54.6 Å². The van der Waals surface area contributed by atoms with E-state index in [4.69, 9.17) is 0 Å². The van der Waals surface area contributed by atoms with Gasteiger partial charge in [0.1, 0.15) is 5.92 Å². The van der Waals surface area contributed by atoms with Gasteiger partial charge in [0.05, 0.1) is 0 Å². The molecule has 1 unspecified atom stereocenters. The third kappa shape index (κ3) is 4.52. The molecule has 0 amide bonds. The molecule has 0 bridgehead atoms. The van der Waals surface area contributed by atoms with E-state index in [-0.39, 0.29) is 5.57 Å². The second-order valence-corrected chi connectivity index (χ2v) is 11.4. The molecule has 2 heterocycles. The van der Waals surface area contributed by atoms with E-state index in [9.17, 15) is 19.8 Å². The second kappa shape index (κ2) is 10.0. The lowest BCUT2D eigenvalue weighted by Gasteiger charge is -2.33. The summed E-state index contributed by atoms with van der Waals surface area (Å²) in [6.07, 6.45) is 4.38. The lowest BCUT2D eigenvalue weighted by Crippen LogP contribution is -2.50. The number of allylic oxidation sites excluding steroid dienone is 1. The third-order valence-corrected chi connectivity index (χ3v) is 7.67. The van der Waals surface area contributed by atoms with E-state index in [2.05, 4.69) is 37.7 Å². The van der Waals surface area contributed by atoms with Crippen LogP contribution < -0.4 is 0 Å². The van der Waals surface area contributed by atoms with Gasteiger partial charge in [-0.2, -0.15) is 0 Å². The lowest BCUT2D eigenvalue weighted by atomic mass is 9.74. The Hall–Kier alpha value is -3.48. The Balaban J connectivity index is 1.66. The molecule has 0 saturated heterocycles. The van der Waals surface area contributed by atoms with Gasteiger partial charge in [-0.25, -0.2) is 0 Å². The fourth-order valence-corrected chi connectivity index (χ4v) is 5.65. The van der Waals surface area contributed by atoms with Crippen LogP contribution in [0.25, 0.3) is 27.4 Å². The lowest BCUT2D eigenvalue weighted by molar-refractivity contribution is -0.187. The molecular formula is C32H36N2O4. The molecule has 2 aromatic heterocycles. The highest BCUT2D eigenvalue weighted by molar-refractivity contribution is 6.34. The number of fused-ring (bicyclic) bond motifs is 2. The Kier molecular flexibility index (Phi) is 6.88. The van der Waals surface area contributed by atoms with Gasteiger partial charge in [0.25, 0.3) is 0 Å². The Morgan fingerprint density at radius 1 is 0.789 bits per heavy atom. The molecule has 1 aliphatic rings. The Morgan fingerprint density at radius 3 is 1.95 bits per heavy atom. The molecule has 5 rings (SSSR count). The number of ketones is 2. The molecule has 4 aromatic rings. The van der Waals surface area contributed by atoms with Crippen molar-refractivity contribution in [2.24, 2.45) is 11.8 Å². The first-order chi connectivity index (χ1) is 18.1. The molecule has 0 saturated carbocycles. The van der Waals surface area contributed by atoms with E-state index in [1.165, 1.54) is 6.08 Å². The van der Waals surface area contributed by atoms with Crippen LogP contribution in [0.5, 0.6) is 0 Å². The van der Waals surface area contributed by atoms with Crippen molar-refractivity contribution in [2.75, 3.05) is 0 Å². The van der Waals surface area contributed by atoms with Crippen molar-refractivity contribution < 1.29 is 19.8 Å². The molecule has 6 nitrogen and oxygen atoms in total. The molecule has 1 aliphatic carbocycles. The van der Waals surface area contributed by atoms with E-state index in [0.717, 1.165) is 46.0 Å². The SMILES string of the molecule is CC(C)CCc1[nH]c2ccccc2c1C1=CC(=O)C(c2c(CCC(C)C)[nH]c3ccccc23)C(O)(O)C1=O. The van der Waals surface area contributed by atoms with E-state index in [1.54, 1.807) is 0 Å². The fourth-order valence-electron chi connectivity index (χ4n) is 5.65. The molecule has 198 valence electrons. The summed E-state index contributed by atoms with van der Waals surface area (Å²) in [6, 6.07) is 15.1. The van der Waals surface area contributed by atoms with Crippen molar-refractivity contribution in [1.82, 2.24) is 9.97 Å². The summed E-state index contributed by atoms with van der Waals surface area (Å²) >= 11 is 0. The van der Waals surface area contributed by atoms with Crippen LogP contribution in [0.4, 0.5) is 0 Å². The minimum absolute atomic E-state index is 0.0519. The maximum absolute atomic E-state index is 13.9. The number of aromatic nitrogens is 2. The maximum atomic E-state index is 13.9. The number of rotatable bonds is 8. The minimum atomic E-state index is -2.88. The smallest absolute Gasteiger partial charge is 0.243 e. The predicted octanol–water partition coefficient (Wildman–Crippen LogP) is 5.83. The quantitative estimate of drug-likeness (QED) is 0.223. The zero-order chi connectivity index (χ0) is 27.2. The highest BCUT2D eigenvalue weighted by atomic mass is 16.5. The van der Waals surface area contributed by atoms with Crippen LogP contribution in [0.3, 0.4) is 0 Å². The first kappa shape index (κ1) is 26.1. The number of H-pyrrole nitrogens is 2. The molecule has 2 aromatic carbocycles. The number of nitrogens with one attached hydrogen (secondary N) is 2. The van der Waals surface area contributed by atoms with Gasteiger partial charge in [-0.1, -0.05) is 64.1 Å². The summed E-state index contributed by atoms with van der Waals surface area (Å²) < 4.78 is 0. The highest BCUT2D eigenvalue weighted by Gasteiger charge is 2.53. The van der Waals surface area contributed by atoms with Crippen molar-refractivity contribution in [2.45, 2.75) is 65.1 Å². The predicted molar refractivity (Wildman–Crippen MR) is 151 cm³/mol. The van der Waals surface area contributed by atoms with Crippen LogP contribution in [0.1, 0.15) is 69.0 Å². The van der Waals surface area contributed by atoms with Crippen molar-refractivity contribution in [3.63, 3.8) is 0 Å². The van der Waals surface area contributed by atoms with Crippen molar-refractivity contribution in [3.05, 3.63) is 77.1 Å². The summed E-state index contributed by atoms with van der Waals surface area (Å²) in [7, 11) is 0. The molecule has 0 spiro atoms. The molecule has 0 aliphatic heterocycles. The first-order valence-electron chi connectivity index (χ1n) is 13.5. The fraction of sp³-hybridized carbons (Fsp3) is 0.375. The Bertz CT molecular complexity index is 1550. The molecule has 38 heavy (non-hydrogen) atoms. The second-order valence-electron chi connectivity index (χ2n) is 11.4. The largest absolute Gasteiger partial charge is 0.359 e. The van der Waals surface area contributed by atoms with Gasteiger partial charge >= 0.3 is 0 Å². The van der Waals surface area contributed by atoms with E-state index in [0.29, 0.717) is 35.8 Å². The van der Waals surface area contributed by atoms with Crippen molar-refractivity contribution >= 4 is 38.9 Å². The zero-order valence-electron chi connectivity index (χ0n) is 22.5. The van der Waals surface area contributed by atoms with E-state index >= 15 is 0 Å². The van der Waals surface area contributed by atoms with Crippen molar-refractivity contribution in [3.8, 4) is 0 Å². The number of hydrogen-bond donors (Lipinski definition) is 4. The number of para-hydroxylation sites is 2. The Morgan fingerprint density at radius 2 is 1.32 bits per heavy atom. The maximum Gasteiger partial charge on any atom is 0.243 e. The van der Waals surface area contributed by atoms with Gasteiger partial charge in [-0.05, 0) is 61.3 Å². The monoisotopic (exact) mass is 512 g/mol. The normalized spacial score (nSPS) is 17.8. The number of carbonyl (C=O) groups excluding carboxylic acids is 2. The van der Waals surface area contributed by atoms with Crippen LogP contribution in [-0.2, 0) is 22.4 Å². The number of aryl methyl sites for hydroxylation is 2. The van der Waals surface area contributed by atoms with Gasteiger partial charge < -0.3 is 20.2 Å². The zero-order valence-corrected chi connectivity index (χ0v) is 22.5. The molecule has 0 fully saturated rings. The third-order valence-electron chi connectivity index (χ3n) is 7.67. The van der Waals surface area contributed by atoms with Crippen LogP contribution in [0.2, 0.25) is 0 Å². The van der Waals surface area contributed by atoms with Gasteiger partial charge in [-0.3, -0.25) is 9.59 Å². The molecule has 4 N–H and O–H groups in total. The number of aromatic amines is 2. The summed E-state index contributed by atoms with van der Waals surface area (Å²) in [4.78, 5) is 34.5. The van der Waals surface area contributed by atoms with Crippen molar-refractivity contribution in [1.29, 1.82) is 0 Å². The molecular weight excluding hydrogens is 476 g/mol. The average Bonchev–Trinajstić information content (AvgIpc) is 3.42. The summed E-state index contributed by atoms with van der Waals surface area (Å²) in [6.45, 7) is 8.50. The molecule has 0 radical (unpaired) electrons.